The largest absolute Gasteiger partial charge is 0.756 e. The zero-order chi connectivity index (χ0) is 51.3. The lowest BCUT2D eigenvalue weighted by Gasteiger charge is -2.28. The third kappa shape index (κ3) is 53.0. The number of quaternary nitrogens is 1. The van der Waals surface area contributed by atoms with E-state index in [2.05, 4.69) is 160 Å². The second kappa shape index (κ2) is 49.6. The molecular formula is C60H94NO8P. The minimum atomic E-state index is -4.67. The van der Waals surface area contributed by atoms with Gasteiger partial charge in [0.2, 0.25) is 0 Å². The fraction of sp³-hybridized carbons (Fsp3) is 0.533. The maximum absolute atomic E-state index is 12.8. The van der Waals surface area contributed by atoms with E-state index in [1.54, 1.807) is 0 Å². The molecule has 0 saturated carbocycles. The Morgan fingerprint density at radius 3 is 1.20 bits per heavy atom. The van der Waals surface area contributed by atoms with E-state index in [0.29, 0.717) is 23.9 Å². The molecule has 392 valence electrons. The van der Waals surface area contributed by atoms with Gasteiger partial charge in [0.25, 0.3) is 7.82 Å². The number of carbonyl (C=O) groups is 2. The van der Waals surface area contributed by atoms with Crippen LogP contribution in [0, 0.1) is 0 Å². The Morgan fingerprint density at radius 1 is 0.443 bits per heavy atom. The van der Waals surface area contributed by atoms with Crippen LogP contribution in [0.2, 0.25) is 0 Å². The van der Waals surface area contributed by atoms with Gasteiger partial charge in [0.15, 0.2) is 6.10 Å². The summed E-state index contributed by atoms with van der Waals surface area (Å²) in [7, 11) is 1.08. The van der Waals surface area contributed by atoms with E-state index < -0.39 is 32.5 Å². The zero-order valence-corrected chi connectivity index (χ0v) is 45.0. The molecule has 2 unspecified atom stereocenters. The lowest BCUT2D eigenvalue weighted by molar-refractivity contribution is -0.870. The van der Waals surface area contributed by atoms with Crippen LogP contribution in [0.1, 0.15) is 155 Å². The average Bonchev–Trinajstić information content (AvgIpc) is 3.32. The number of nitrogens with zero attached hydrogens (tertiary/aromatic N) is 1. The maximum atomic E-state index is 12.8. The highest BCUT2D eigenvalue weighted by Gasteiger charge is 2.21. The van der Waals surface area contributed by atoms with Gasteiger partial charge in [0, 0.05) is 12.8 Å². The van der Waals surface area contributed by atoms with Gasteiger partial charge in [-0.3, -0.25) is 14.2 Å². The van der Waals surface area contributed by atoms with Gasteiger partial charge in [-0.25, -0.2) is 0 Å². The Hall–Kier alpha value is -4.37. The number of hydrogen-bond acceptors (Lipinski definition) is 8. The molecule has 0 rings (SSSR count). The third-order valence-electron chi connectivity index (χ3n) is 10.1. The van der Waals surface area contributed by atoms with E-state index in [1.165, 1.54) is 0 Å². The van der Waals surface area contributed by atoms with Gasteiger partial charge in [0.1, 0.15) is 19.8 Å². The van der Waals surface area contributed by atoms with Crippen LogP contribution in [0.4, 0.5) is 0 Å². The summed E-state index contributed by atoms with van der Waals surface area (Å²) in [6, 6.07) is 0. The molecule has 0 aromatic heterocycles. The van der Waals surface area contributed by atoms with Gasteiger partial charge in [0.05, 0.1) is 27.7 Å². The normalized spacial score (nSPS) is 14.7. The van der Waals surface area contributed by atoms with Crippen LogP contribution in [0.15, 0.2) is 158 Å². The molecule has 0 radical (unpaired) electrons. The van der Waals surface area contributed by atoms with Gasteiger partial charge in [-0.05, 0) is 109 Å². The Balaban J connectivity index is 4.43. The first-order chi connectivity index (χ1) is 34.0. The van der Waals surface area contributed by atoms with Crippen molar-refractivity contribution < 1.29 is 42.1 Å². The molecular weight excluding hydrogens is 894 g/mol. The third-order valence-corrected chi connectivity index (χ3v) is 11.0. The predicted octanol–water partition coefficient (Wildman–Crippen LogP) is 15.5. The molecule has 70 heavy (non-hydrogen) atoms. The summed E-state index contributed by atoms with van der Waals surface area (Å²) in [4.78, 5) is 37.7. The highest BCUT2D eigenvalue weighted by molar-refractivity contribution is 7.45. The molecule has 9 nitrogen and oxygen atoms in total. The van der Waals surface area contributed by atoms with Crippen molar-refractivity contribution in [1.82, 2.24) is 0 Å². The Morgan fingerprint density at radius 2 is 0.800 bits per heavy atom. The monoisotopic (exact) mass is 988 g/mol. The number of unbranched alkanes of at least 4 members (excludes halogenated alkanes) is 5. The molecule has 0 N–H and O–H groups in total. The molecule has 0 amide bonds. The highest BCUT2D eigenvalue weighted by atomic mass is 31.2. The molecule has 0 aliphatic carbocycles. The molecule has 2 atom stereocenters. The van der Waals surface area contributed by atoms with E-state index in [-0.39, 0.29) is 26.1 Å². The number of phosphoric ester groups is 1. The quantitative estimate of drug-likeness (QED) is 0.0195. The van der Waals surface area contributed by atoms with Crippen LogP contribution in [0.25, 0.3) is 0 Å². The summed E-state index contributed by atoms with van der Waals surface area (Å²) in [6.45, 7) is 3.86. The second-order valence-electron chi connectivity index (χ2n) is 17.8. The molecule has 10 heteroatoms. The SMILES string of the molecule is CC/C=C\C/C=C\C/C=C\C/C=C\C/C=C\C/C=C\C/C=C\CCCCCCCC(=O)OC(COC(=O)CC/C=C\C/C=C\C/C=C\C/C=C\C/C=C\C/C=C\CC)COP(=O)([O-])OCC[N+](C)(C)C. The molecule has 0 aromatic carbocycles. The summed E-state index contributed by atoms with van der Waals surface area (Å²) in [6.07, 6.45) is 74.3. The number of carbonyl (C=O) groups excluding carboxylic acids is 2. The molecule has 0 spiro atoms. The molecule has 0 bridgehead atoms. The molecule has 0 heterocycles. The highest BCUT2D eigenvalue weighted by Crippen LogP contribution is 2.38. The van der Waals surface area contributed by atoms with Crippen molar-refractivity contribution in [3.05, 3.63) is 158 Å². The van der Waals surface area contributed by atoms with Gasteiger partial charge in [-0.2, -0.15) is 0 Å². The lowest BCUT2D eigenvalue weighted by atomic mass is 10.1. The van der Waals surface area contributed by atoms with Crippen molar-refractivity contribution in [2.24, 2.45) is 0 Å². The topological polar surface area (TPSA) is 111 Å². The van der Waals surface area contributed by atoms with Crippen molar-refractivity contribution in [2.45, 2.75) is 161 Å². The molecule has 0 aromatic rings. The van der Waals surface area contributed by atoms with Crippen LogP contribution >= 0.6 is 7.82 Å². The standard InChI is InChI=1S/C60H94NO8P/c1-6-8-10-12-14-16-18-20-22-24-26-27-28-29-30-31-32-33-35-37-39-41-43-45-47-49-51-53-60(63)69-58(57-68-70(64,65)67-55-54-61(3,4)5)56-66-59(62)52-50-48-46-44-42-40-38-36-34-25-23-21-19-17-15-13-11-9-7-2/h8-11,14-17,20-23,26-27,29-30,32-34,36-37,39-40,42,46,48,58H,6-7,12-13,18-19,24-25,28,31,35,38,41,43-45,47,49-57H2,1-5H3/b10-8-,11-9-,16-14-,17-15-,22-20-,23-21-,27-26-,30-29-,33-32-,36-34-,39-37-,42-40-,48-46-. The first kappa shape index (κ1) is 65.6. The van der Waals surface area contributed by atoms with E-state index in [1.807, 2.05) is 33.3 Å². The minimum Gasteiger partial charge on any atom is -0.756 e. The van der Waals surface area contributed by atoms with Crippen LogP contribution < -0.4 is 4.89 Å². The van der Waals surface area contributed by atoms with Gasteiger partial charge in [-0.15, -0.1) is 0 Å². The number of likely N-dealkylation sites (N-methyl/N-ethyl adjacent to an activating group) is 1. The minimum absolute atomic E-state index is 0.0566. The van der Waals surface area contributed by atoms with Gasteiger partial charge in [-0.1, -0.05) is 191 Å². The fourth-order valence-corrected chi connectivity index (χ4v) is 6.80. The predicted molar refractivity (Wildman–Crippen MR) is 295 cm³/mol. The number of esters is 2. The molecule has 0 fully saturated rings. The number of allylic oxidation sites excluding steroid dienone is 26. The maximum Gasteiger partial charge on any atom is 0.306 e. The number of rotatable bonds is 45. The van der Waals surface area contributed by atoms with E-state index in [0.717, 1.165) is 116 Å². The summed E-state index contributed by atoms with van der Waals surface area (Å²) < 4.78 is 33.9. The van der Waals surface area contributed by atoms with Crippen molar-refractivity contribution >= 4 is 19.8 Å². The van der Waals surface area contributed by atoms with Crippen molar-refractivity contribution in [2.75, 3.05) is 47.5 Å². The van der Waals surface area contributed by atoms with Crippen molar-refractivity contribution in [3.63, 3.8) is 0 Å². The molecule has 0 saturated heterocycles. The Labute approximate surface area is 426 Å². The summed E-state index contributed by atoms with van der Waals surface area (Å²) in [5.74, 6) is -0.972. The van der Waals surface area contributed by atoms with E-state index in [4.69, 9.17) is 18.5 Å². The smallest absolute Gasteiger partial charge is 0.306 e. The fourth-order valence-electron chi connectivity index (χ4n) is 6.07. The molecule has 0 aliphatic rings. The van der Waals surface area contributed by atoms with E-state index >= 15 is 0 Å². The Kier molecular flexibility index (Phi) is 46.5. The van der Waals surface area contributed by atoms with Crippen LogP contribution in [0.5, 0.6) is 0 Å². The lowest BCUT2D eigenvalue weighted by Crippen LogP contribution is -2.37. The van der Waals surface area contributed by atoms with Crippen molar-refractivity contribution in [1.29, 1.82) is 0 Å². The van der Waals surface area contributed by atoms with Crippen molar-refractivity contribution in [3.8, 4) is 0 Å². The molecule has 0 aliphatic heterocycles. The first-order valence-corrected chi connectivity index (χ1v) is 27.7. The summed E-state index contributed by atoms with van der Waals surface area (Å²) in [5.41, 5.74) is 0. The summed E-state index contributed by atoms with van der Waals surface area (Å²) >= 11 is 0. The second-order valence-corrected chi connectivity index (χ2v) is 19.2. The average molecular weight is 988 g/mol. The van der Waals surface area contributed by atoms with Crippen LogP contribution in [-0.4, -0.2) is 70.0 Å². The van der Waals surface area contributed by atoms with Gasteiger partial charge < -0.3 is 27.9 Å². The zero-order valence-electron chi connectivity index (χ0n) is 44.1. The Bertz CT molecular complexity index is 1730. The number of ether oxygens (including phenoxy) is 2. The number of hydrogen-bond donors (Lipinski definition) is 0. The van der Waals surface area contributed by atoms with E-state index in [9.17, 15) is 19.0 Å². The van der Waals surface area contributed by atoms with Crippen LogP contribution in [0.3, 0.4) is 0 Å². The number of phosphoric acid groups is 1. The summed E-state index contributed by atoms with van der Waals surface area (Å²) in [5, 5.41) is 0. The first-order valence-electron chi connectivity index (χ1n) is 26.2. The van der Waals surface area contributed by atoms with Gasteiger partial charge >= 0.3 is 11.9 Å². The van der Waals surface area contributed by atoms with Crippen LogP contribution in [-0.2, 0) is 32.7 Å².